The molecule has 2 heterocycles. The van der Waals surface area contributed by atoms with Crippen LogP contribution in [0.4, 0.5) is 0 Å². The Labute approximate surface area is 104 Å². The SMILES string of the molecule is Cc1ccc(C(=O)N2CCOC(CO)C2)c(=O)[nH]1. The molecule has 0 spiro atoms. The first-order valence-electron chi connectivity index (χ1n) is 5.83. The first kappa shape index (κ1) is 12.8. The minimum Gasteiger partial charge on any atom is -0.394 e. The molecule has 98 valence electrons. The van der Waals surface area contributed by atoms with Crippen molar-refractivity contribution < 1.29 is 14.6 Å². The van der Waals surface area contributed by atoms with E-state index in [-0.39, 0.29) is 29.7 Å². The number of aryl methyl sites for hydroxylation is 1. The highest BCUT2D eigenvalue weighted by Gasteiger charge is 2.25. The highest BCUT2D eigenvalue weighted by atomic mass is 16.5. The lowest BCUT2D eigenvalue weighted by atomic mass is 10.2. The molecule has 0 aromatic carbocycles. The predicted molar refractivity (Wildman–Crippen MR) is 64.5 cm³/mol. The monoisotopic (exact) mass is 252 g/mol. The van der Waals surface area contributed by atoms with E-state index < -0.39 is 0 Å². The third kappa shape index (κ3) is 2.60. The molecule has 1 atom stereocenters. The molecule has 2 N–H and O–H groups in total. The van der Waals surface area contributed by atoms with Crippen LogP contribution in [-0.2, 0) is 4.74 Å². The zero-order chi connectivity index (χ0) is 13.1. The van der Waals surface area contributed by atoms with Gasteiger partial charge in [0.25, 0.3) is 11.5 Å². The fourth-order valence-corrected chi connectivity index (χ4v) is 1.93. The van der Waals surface area contributed by atoms with Crippen molar-refractivity contribution >= 4 is 5.91 Å². The molecule has 18 heavy (non-hydrogen) atoms. The second-order valence-electron chi connectivity index (χ2n) is 4.31. The minimum atomic E-state index is -0.382. The summed E-state index contributed by atoms with van der Waals surface area (Å²) in [7, 11) is 0. The fraction of sp³-hybridized carbons (Fsp3) is 0.500. The van der Waals surface area contributed by atoms with Gasteiger partial charge in [0.15, 0.2) is 0 Å². The van der Waals surface area contributed by atoms with Crippen LogP contribution in [0.25, 0.3) is 0 Å². The summed E-state index contributed by atoms with van der Waals surface area (Å²) in [6.07, 6.45) is -0.368. The lowest BCUT2D eigenvalue weighted by Crippen LogP contribution is -2.48. The fourth-order valence-electron chi connectivity index (χ4n) is 1.93. The van der Waals surface area contributed by atoms with Crippen molar-refractivity contribution in [2.24, 2.45) is 0 Å². The van der Waals surface area contributed by atoms with E-state index in [2.05, 4.69) is 4.98 Å². The summed E-state index contributed by atoms with van der Waals surface area (Å²) in [6.45, 7) is 2.74. The molecule has 0 bridgehead atoms. The van der Waals surface area contributed by atoms with Gasteiger partial charge in [-0.05, 0) is 19.1 Å². The molecule has 1 aromatic heterocycles. The number of pyridine rings is 1. The number of aliphatic hydroxyl groups excluding tert-OH is 1. The first-order valence-corrected chi connectivity index (χ1v) is 5.83. The van der Waals surface area contributed by atoms with E-state index >= 15 is 0 Å². The number of aromatic amines is 1. The highest BCUT2D eigenvalue weighted by Crippen LogP contribution is 2.08. The predicted octanol–water partition coefficient (Wildman–Crippen LogP) is -0.483. The van der Waals surface area contributed by atoms with Crippen molar-refractivity contribution in [3.05, 3.63) is 33.7 Å². The van der Waals surface area contributed by atoms with Gasteiger partial charge >= 0.3 is 0 Å². The van der Waals surface area contributed by atoms with Gasteiger partial charge < -0.3 is 19.7 Å². The van der Waals surface area contributed by atoms with Gasteiger partial charge in [0.05, 0.1) is 19.3 Å². The third-order valence-electron chi connectivity index (χ3n) is 2.92. The number of carbonyl (C=O) groups is 1. The Kier molecular flexibility index (Phi) is 3.78. The van der Waals surface area contributed by atoms with E-state index in [1.165, 1.54) is 11.0 Å². The summed E-state index contributed by atoms with van der Waals surface area (Å²) in [4.78, 5) is 28.0. The molecule has 6 heteroatoms. The van der Waals surface area contributed by atoms with Crippen LogP contribution >= 0.6 is 0 Å². The molecule has 1 unspecified atom stereocenters. The molecule has 2 rings (SSSR count). The number of nitrogens with one attached hydrogen (secondary N) is 1. The summed E-state index contributed by atoms with van der Waals surface area (Å²) in [5, 5.41) is 9.02. The van der Waals surface area contributed by atoms with Crippen LogP contribution in [0.5, 0.6) is 0 Å². The molecular formula is C12H16N2O4. The van der Waals surface area contributed by atoms with Crippen LogP contribution in [-0.4, -0.2) is 53.3 Å². The van der Waals surface area contributed by atoms with E-state index in [0.29, 0.717) is 25.4 Å². The maximum atomic E-state index is 12.2. The van der Waals surface area contributed by atoms with Gasteiger partial charge in [-0.1, -0.05) is 0 Å². The molecule has 1 aromatic rings. The van der Waals surface area contributed by atoms with Crippen LogP contribution in [0.1, 0.15) is 16.1 Å². The van der Waals surface area contributed by atoms with Gasteiger partial charge in [-0.15, -0.1) is 0 Å². The Morgan fingerprint density at radius 3 is 3.06 bits per heavy atom. The van der Waals surface area contributed by atoms with Gasteiger partial charge in [-0.2, -0.15) is 0 Å². The maximum Gasteiger partial charge on any atom is 0.260 e. The topological polar surface area (TPSA) is 82.6 Å². The van der Waals surface area contributed by atoms with E-state index in [0.717, 1.165) is 0 Å². The number of hydrogen-bond acceptors (Lipinski definition) is 4. The zero-order valence-corrected chi connectivity index (χ0v) is 10.2. The van der Waals surface area contributed by atoms with E-state index in [1.807, 2.05) is 0 Å². The zero-order valence-electron chi connectivity index (χ0n) is 10.2. The number of nitrogens with zero attached hydrogens (tertiary/aromatic N) is 1. The molecule has 1 amide bonds. The second-order valence-corrected chi connectivity index (χ2v) is 4.31. The normalized spacial score (nSPS) is 19.9. The standard InChI is InChI=1S/C12H16N2O4/c1-8-2-3-10(11(16)13-8)12(17)14-4-5-18-9(6-14)7-15/h2-3,9,15H,4-7H2,1H3,(H,13,16). The van der Waals surface area contributed by atoms with Crippen LogP contribution in [0, 0.1) is 6.92 Å². The molecule has 0 saturated carbocycles. The van der Waals surface area contributed by atoms with Crippen LogP contribution in [0.15, 0.2) is 16.9 Å². The number of rotatable bonds is 2. The van der Waals surface area contributed by atoms with Gasteiger partial charge in [-0.25, -0.2) is 0 Å². The van der Waals surface area contributed by atoms with Crippen LogP contribution in [0.2, 0.25) is 0 Å². The summed E-state index contributed by atoms with van der Waals surface area (Å²) < 4.78 is 5.26. The Morgan fingerprint density at radius 2 is 2.39 bits per heavy atom. The molecular weight excluding hydrogens is 236 g/mol. The summed E-state index contributed by atoms with van der Waals surface area (Å²) >= 11 is 0. The Balaban J connectivity index is 2.18. The number of aromatic nitrogens is 1. The average Bonchev–Trinajstić information content (AvgIpc) is 2.38. The lowest BCUT2D eigenvalue weighted by molar-refractivity contribution is -0.0447. The van der Waals surface area contributed by atoms with Crippen molar-refractivity contribution in [3.63, 3.8) is 0 Å². The van der Waals surface area contributed by atoms with Crippen LogP contribution < -0.4 is 5.56 Å². The highest BCUT2D eigenvalue weighted by molar-refractivity contribution is 5.93. The van der Waals surface area contributed by atoms with Crippen molar-refractivity contribution in [2.45, 2.75) is 13.0 Å². The van der Waals surface area contributed by atoms with E-state index in [4.69, 9.17) is 9.84 Å². The van der Waals surface area contributed by atoms with E-state index in [1.54, 1.807) is 13.0 Å². The summed E-state index contributed by atoms with van der Waals surface area (Å²) in [6, 6.07) is 3.22. The van der Waals surface area contributed by atoms with Crippen molar-refractivity contribution in [1.29, 1.82) is 0 Å². The van der Waals surface area contributed by atoms with Crippen molar-refractivity contribution in [2.75, 3.05) is 26.3 Å². The van der Waals surface area contributed by atoms with Gasteiger partial charge in [-0.3, -0.25) is 9.59 Å². The minimum absolute atomic E-state index is 0.124. The van der Waals surface area contributed by atoms with Crippen molar-refractivity contribution in [3.8, 4) is 0 Å². The maximum absolute atomic E-state index is 12.2. The molecule has 1 aliphatic rings. The molecule has 1 aliphatic heterocycles. The molecule has 0 aliphatic carbocycles. The second kappa shape index (κ2) is 5.32. The summed E-state index contributed by atoms with van der Waals surface area (Å²) in [5.41, 5.74) is 0.456. The summed E-state index contributed by atoms with van der Waals surface area (Å²) in [5.74, 6) is -0.321. The van der Waals surface area contributed by atoms with Gasteiger partial charge in [0.2, 0.25) is 0 Å². The molecule has 1 saturated heterocycles. The Hall–Kier alpha value is -1.66. The van der Waals surface area contributed by atoms with Gasteiger partial charge in [0, 0.05) is 18.8 Å². The number of hydrogen-bond donors (Lipinski definition) is 2. The number of carbonyl (C=O) groups excluding carboxylic acids is 1. The smallest absolute Gasteiger partial charge is 0.260 e. The quantitative estimate of drug-likeness (QED) is 0.744. The van der Waals surface area contributed by atoms with Gasteiger partial charge in [0.1, 0.15) is 5.56 Å². The number of ether oxygens (including phenoxy) is 1. The third-order valence-corrected chi connectivity index (χ3v) is 2.92. The number of amides is 1. The number of morpholine rings is 1. The lowest BCUT2D eigenvalue weighted by Gasteiger charge is -2.31. The molecule has 0 radical (unpaired) electrons. The Bertz CT molecular complexity index is 497. The first-order chi connectivity index (χ1) is 8.61. The largest absolute Gasteiger partial charge is 0.394 e. The molecule has 6 nitrogen and oxygen atoms in total. The van der Waals surface area contributed by atoms with Crippen LogP contribution in [0.3, 0.4) is 0 Å². The van der Waals surface area contributed by atoms with Crippen molar-refractivity contribution in [1.82, 2.24) is 9.88 Å². The number of H-pyrrole nitrogens is 1. The number of aliphatic hydroxyl groups is 1. The average molecular weight is 252 g/mol. The van der Waals surface area contributed by atoms with E-state index in [9.17, 15) is 9.59 Å². The Morgan fingerprint density at radius 1 is 1.61 bits per heavy atom. The molecule has 1 fully saturated rings.